The second kappa shape index (κ2) is 5.55. The van der Waals surface area contributed by atoms with Gasteiger partial charge in [-0.3, -0.25) is 0 Å². The third-order valence-electron chi connectivity index (χ3n) is 2.67. The fraction of sp³-hybridized carbons (Fsp3) is 1.00. The van der Waals surface area contributed by atoms with E-state index >= 15 is 0 Å². The quantitative estimate of drug-likeness (QED) is 0.662. The highest BCUT2D eigenvalue weighted by Crippen LogP contribution is 2.06. The number of hydrogen-bond acceptors (Lipinski definition) is 2. The minimum Gasteiger partial charge on any atom is -0.396 e. The summed E-state index contributed by atoms with van der Waals surface area (Å²) in [5.74, 6) is 0.990. The van der Waals surface area contributed by atoms with Gasteiger partial charge in [0.2, 0.25) is 0 Å². The summed E-state index contributed by atoms with van der Waals surface area (Å²) in [7, 11) is 0. The fourth-order valence-electron chi connectivity index (χ4n) is 0.930. The van der Waals surface area contributed by atoms with Crippen molar-refractivity contribution in [1.29, 1.82) is 0 Å². The monoisotopic (exact) mass is 173 g/mol. The molecular formula is C10H23NO. The second-order valence-corrected chi connectivity index (χ2v) is 4.15. The molecule has 0 aliphatic carbocycles. The Kier molecular flexibility index (Phi) is 5.51. The predicted molar refractivity (Wildman–Crippen MR) is 53.1 cm³/mol. The standard InChI is InChI=1S/C10H23NO/c1-7(2)9(4)11-10(5)8(3)6-12/h7-12H,6H2,1-5H3. The third kappa shape index (κ3) is 4.07. The first-order valence-corrected chi connectivity index (χ1v) is 4.86. The maximum absolute atomic E-state index is 8.92. The van der Waals surface area contributed by atoms with Crippen LogP contribution in [0.4, 0.5) is 0 Å². The molecule has 3 atom stereocenters. The maximum Gasteiger partial charge on any atom is 0.0471 e. The van der Waals surface area contributed by atoms with Gasteiger partial charge in [0.15, 0.2) is 0 Å². The Morgan fingerprint density at radius 1 is 1.00 bits per heavy atom. The average Bonchev–Trinajstić information content (AvgIpc) is 2.02. The van der Waals surface area contributed by atoms with E-state index in [1.165, 1.54) is 0 Å². The van der Waals surface area contributed by atoms with Crippen molar-refractivity contribution < 1.29 is 5.11 Å². The molecule has 0 aliphatic heterocycles. The lowest BCUT2D eigenvalue weighted by molar-refractivity contribution is 0.196. The maximum atomic E-state index is 8.92. The Hall–Kier alpha value is -0.0800. The van der Waals surface area contributed by atoms with E-state index in [9.17, 15) is 0 Å². The SMILES string of the molecule is CC(C)C(C)NC(C)C(C)CO. The molecule has 12 heavy (non-hydrogen) atoms. The van der Waals surface area contributed by atoms with E-state index in [4.69, 9.17) is 5.11 Å². The molecule has 0 aromatic carbocycles. The van der Waals surface area contributed by atoms with Crippen LogP contribution in [0.25, 0.3) is 0 Å². The minimum absolute atomic E-state index is 0.263. The van der Waals surface area contributed by atoms with Gasteiger partial charge in [-0.25, -0.2) is 0 Å². The molecule has 0 aliphatic rings. The molecule has 2 heteroatoms. The number of hydrogen-bond donors (Lipinski definition) is 2. The number of rotatable bonds is 5. The van der Waals surface area contributed by atoms with Gasteiger partial charge in [0.1, 0.15) is 0 Å². The largest absolute Gasteiger partial charge is 0.396 e. The van der Waals surface area contributed by atoms with Crippen LogP contribution < -0.4 is 5.32 Å². The highest BCUT2D eigenvalue weighted by molar-refractivity contribution is 4.73. The zero-order valence-corrected chi connectivity index (χ0v) is 8.96. The Labute approximate surface area is 76.4 Å². The summed E-state index contributed by atoms with van der Waals surface area (Å²) >= 11 is 0. The van der Waals surface area contributed by atoms with Gasteiger partial charge in [-0.2, -0.15) is 0 Å². The molecule has 0 spiro atoms. The van der Waals surface area contributed by atoms with E-state index in [0.717, 1.165) is 0 Å². The van der Waals surface area contributed by atoms with Crippen LogP contribution in [0.2, 0.25) is 0 Å². The van der Waals surface area contributed by atoms with Gasteiger partial charge in [-0.05, 0) is 25.7 Å². The van der Waals surface area contributed by atoms with Crippen LogP contribution in [0.3, 0.4) is 0 Å². The van der Waals surface area contributed by atoms with Gasteiger partial charge in [-0.15, -0.1) is 0 Å². The first kappa shape index (κ1) is 11.9. The molecule has 0 aromatic heterocycles. The van der Waals surface area contributed by atoms with Gasteiger partial charge in [-0.1, -0.05) is 20.8 Å². The van der Waals surface area contributed by atoms with Crippen molar-refractivity contribution in [2.45, 2.75) is 46.7 Å². The molecule has 0 heterocycles. The van der Waals surface area contributed by atoms with Crippen molar-refractivity contribution in [3.63, 3.8) is 0 Å². The minimum atomic E-state index is 0.263. The van der Waals surface area contributed by atoms with Crippen LogP contribution in [0.5, 0.6) is 0 Å². The molecule has 0 rings (SSSR count). The van der Waals surface area contributed by atoms with E-state index < -0.39 is 0 Å². The number of nitrogens with one attached hydrogen (secondary N) is 1. The molecule has 0 amide bonds. The lowest BCUT2D eigenvalue weighted by Crippen LogP contribution is -2.42. The molecule has 0 saturated carbocycles. The molecule has 2 N–H and O–H groups in total. The smallest absolute Gasteiger partial charge is 0.0471 e. The third-order valence-corrected chi connectivity index (χ3v) is 2.67. The van der Waals surface area contributed by atoms with Crippen molar-refractivity contribution in [3.8, 4) is 0 Å². The highest BCUT2D eigenvalue weighted by Gasteiger charge is 2.14. The topological polar surface area (TPSA) is 32.3 Å². The van der Waals surface area contributed by atoms with Gasteiger partial charge in [0.25, 0.3) is 0 Å². The van der Waals surface area contributed by atoms with Crippen molar-refractivity contribution in [2.75, 3.05) is 6.61 Å². The van der Waals surface area contributed by atoms with Crippen LogP contribution in [0, 0.1) is 11.8 Å². The van der Waals surface area contributed by atoms with E-state index in [1.54, 1.807) is 0 Å². The van der Waals surface area contributed by atoms with E-state index in [0.29, 0.717) is 23.9 Å². The lowest BCUT2D eigenvalue weighted by atomic mass is 10.0. The Balaban J connectivity index is 3.75. The molecule has 74 valence electrons. The van der Waals surface area contributed by atoms with Gasteiger partial charge in [0, 0.05) is 18.7 Å². The summed E-state index contributed by atoms with van der Waals surface area (Å²) in [6.45, 7) is 11.0. The van der Waals surface area contributed by atoms with E-state index in [2.05, 4.69) is 39.9 Å². The van der Waals surface area contributed by atoms with Gasteiger partial charge < -0.3 is 10.4 Å². The van der Waals surface area contributed by atoms with Gasteiger partial charge in [0.05, 0.1) is 0 Å². The first-order valence-electron chi connectivity index (χ1n) is 4.86. The average molecular weight is 173 g/mol. The molecule has 0 aromatic rings. The molecule has 3 unspecified atom stereocenters. The van der Waals surface area contributed by atoms with Gasteiger partial charge >= 0.3 is 0 Å². The predicted octanol–water partition coefficient (Wildman–Crippen LogP) is 1.64. The lowest BCUT2D eigenvalue weighted by Gasteiger charge is -2.26. The first-order chi connectivity index (χ1) is 5.49. The highest BCUT2D eigenvalue weighted by atomic mass is 16.3. The number of aliphatic hydroxyl groups excluding tert-OH is 1. The van der Waals surface area contributed by atoms with Crippen LogP contribution >= 0.6 is 0 Å². The summed E-state index contributed by atoms with van der Waals surface area (Å²) in [4.78, 5) is 0. The van der Waals surface area contributed by atoms with Crippen LogP contribution in [-0.4, -0.2) is 23.8 Å². The molecule has 2 nitrogen and oxygen atoms in total. The van der Waals surface area contributed by atoms with Crippen LogP contribution in [0.1, 0.15) is 34.6 Å². The summed E-state index contributed by atoms with van der Waals surface area (Å²) in [5.41, 5.74) is 0. The molecule has 0 saturated heterocycles. The van der Waals surface area contributed by atoms with E-state index in [-0.39, 0.29) is 6.61 Å². The van der Waals surface area contributed by atoms with Crippen molar-refractivity contribution >= 4 is 0 Å². The Bertz CT molecular complexity index is 114. The van der Waals surface area contributed by atoms with Crippen molar-refractivity contribution in [3.05, 3.63) is 0 Å². The summed E-state index contributed by atoms with van der Waals surface area (Å²) in [6.07, 6.45) is 0. The summed E-state index contributed by atoms with van der Waals surface area (Å²) in [6, 6.07) is 0.918. The Morgan fingerprint density at radius 2 is 1.50 bits per heavy atom. The fourth-order valence-corrected chi connectivity index (χ4v) is 0.930. The summed E-state index contributed by atoms with van der Waals surface area (Å²) < 4.78 is 0. The van der Waals surface area contributed by atoms with Crippen LogP contribution in [-0.2, 0) is 0 Å². The normalized spacial score (nSPS) is 19.2. The summed E-state index contributed by atoms with van der Waals surface area (Å²) in [5, 5.41) is 12.4. The zero-order chi connectivity index (χ0) is 9.72. The molecular weight excluding hydrogens is 150 g/mol. The Morgan fingerprint density at radius 3 is 1.83 bits per heavy atom. The van der Waals surface area contributed by atoms with Crippen molar-refractivity contribution in [1.82, 2.24) is 5.32 Å². The van der Waals surface area contributed by atoms with E-state index in [1.807, 2.05) is 0 Å². The van der Waals surface area contributed by atoms with Crippen LogP contribution in [0.15, 0.2) is 0 Å². The molecule has 0 fully saturated rings. The number of aliphatic hydroxyl groups is 1. The zero-order valence-electron chi connectivity index (χ0n) is 8.96. The molecule has 0 bridgehead atoms. The van der Waals surface area contributed by atoms with Crippen molar-refractivity contribution in [2.24, 2.45) is 11.8 Å². The second-order valence-electron chi connectivity index (χ2n) is 4.15. The molecule has 0 radical (unpaired) electrons.